The van der Waals surface area contributed by atoms with Gasteiger partial charge in [-0.05, 0) is 37.3 Å². The van der Waals surface area contributed by atoms with Crippen LogP contribution in [-0.4, -0.2) is 28.9 Å². The Hall–Kier alpha value is -1.00. The lowest BCUT2D eigenvalue weighted by Gasteiger charge is -2.23. The molecule has 0 fully saturated rings. The Morgan fingerprint density at radius 2 is 1.94 bits per heavy atom. The smallest absolute Gasteiger partial charge is 0.251 e. The molecule has 0 aliphatic carbocycles. The topological polar surface area (TPSA) is 49.3 Å². The van der Waals surface area contributed by atoms with Gasteiger partial charge in [-0.2, -0.15) is 11.8 Å². The summed E-state index contributed by atoms with van der Waals surface area (Å²) in [6, 6.07) is 7.61. The molecule has 0 bridgehead atoms. The molecule has 2 N–H and O–H groups in total. The number of carbonyl (C=O) groups is 1. The Bertz CT molecular complexity index is 387. The fourth-order valence-corrected chi connectivity index (χ4v) is 2.02. The molecular weight excluding hydrogens is 246 g/mol. The van der Waals surface area contributed by atoms with Crippen LogP contribution in [0.3, 0.4) is 0 Å². The second kappa shape index (κ2) is 6.81. The molecule has 100 valence electrons. The van der Waals surface area contributed by atoms with Crippen molar-refractivity contribution in [2.45, 2.75) is 32.1 Å². The quantitative estimate of drug-likeness (QED) is 0.832. The number of nitrogens with one attached hydrogen (secondary N) is 1. The maximum atomic E-state index is 11.9. The largest absolute Gasteiger partial charge is 0.394 e. The third-order valence-corrected chi connectivity index (χ3v) is 3.48. The molecule has 0 aromatic heterocycles. The summed E-state index contributed by atoms with van der Waals surface area (Å²) in [5, 5.41) is 11.9. The van der Waals surface area contributed by atoms with Gasteiger partial charge in [-0.25, -0.2) is 0 Å². The first-order valence-corrected chi connectivity index (χ1v) is 7.24. The summed E-state index contributed by atoms with van der Waals surface area (Å²) in [6.45, 7) is 5.63. The molecule has 0 unspecified atom stereocenters. The van der Waals surface area contributed by atoms with Crippen molar-refractivity contribution < 1.29 is 9.90 Å². The Balaban J connectivity index is 2.64. The van der Waals surface area contributed by atoms with Crippen LogP contribution in [0.25, 0.3) is 0 Å². The highest BCUT2D eigenvalue weighted by molar-refractivity contribution is 7.98. The zero-order valence-electron chi connectivity index (χ0n) is 11.2. The fraction of sp³-hybridized carbons (Fsp3) is 0.500. The van der Waals surface area contributed by atoms with E-state index in [1.165, 1.54) is 5.56 Å². The number of rotatable bonds is 6. The van der Waals surface area contributed by atoms with Crippen molar-refractivity contribution in [3.05, 3.63) is 35.4 Å². The average molecular weight is 267 g/mol. The molecule has 18 heavy (non-hydrogen) atoms. The van der Waals surface area contributed by atoms with Gasteiger partial charge in [0.05, 0.1) is 12.1 Å². The summed E-state index contributed by atoms with van der Waals surface area (Å²) < 4.78 is 0. The molecule has 0 radical (unpaired) electrons. The summed E-state index contributed by atoms with van der Waals surface area (Å²) in [5.41, 5.74) is 1.26. The fourth-order valence-electron chi connectivity index (χ4n) is 1.39. The van der Waals surface area contributed by atoms with Gasteiger partial charge >= 0.3 is 0 Å². The van der Waals surface area contributed by atoms with Crippen molar-refractivity contribution >= 4 is 17.7 Å². The van der Waals surface area contributed by atoms with Gasteiger partial charge in [-0.15, -0.1) is 0 Å². The summed E-state index contributed by atoms with van der Waals surface area (Å²) in [4.78, 5) is 11.9. The highest BCUT2D eigenvalue weighted by Crippen LogP contribution is 2.13. The highest BCUT2D eigenvalue weighted by atomic mass is 32.2. The minimum Gasteiger partial charge on any atom is -0.394 e. The van der Waals surface area contributed by atoms with E-state index in [4.69, 9.17) is 5.11 Å². The summed E-state index contributed by atoms with van der Waals surface area (Å²) in [6.07, 6.45) is 0. The Kier molecular flexibility index (Phi) is 5.69. The van der Waals surface area contributed by atoms with Crippen molar-refractivity contribution in [1.29, 1.82) is 0 Å². The number of aliphatic hydroxyl groups is 1. The molecule has 4 heteroatoms. The SMILES string of the molecule is CCSCc1ccc(C(=O)NC(C)(C)CO)cc1. The molecule has 0 aliphatic heterocycles. The zero-order valence-corrected chi connectivity index (χ0v) is 12.0. The first-order valence-electron chi connectivity index (χ1n) is 6.08. The van der Waals surface area contributed by atoms with Crippen LogP contribution in [-0.2, 0) is 5.75 Å². The van der Waals surface area contributed by atoms with Crippen molar-refractivity contribution in [1.82, 2.24) is 5.32 Å². The maximum absolute atomic E-state index is 11.9. The van der Waals surface area contributed by atoms with Crippen LogP contribution in [0.5, 0.6) is 0 Å². The number of aliphatic hydroxyl groups excluding tert-OH is 1. The Morgan fingerprint density at radius 1 is 1.33 bits per heavy atom. The van der Waals surface area contributed by atoms with E-state index >= 15 is 0 Å². The van der Waals surface area contributed by atoms with E-state index in [2.05, 4.69) is 12.2 Å². The average Bonchev–Trinajstić information content (AvgIpc) is 2.36. The van der Waals surface area contributed by atoms with Gasteiger partial charge in [0.25, 0.3) is 5.91 Å². The molecule has 0 saturated heterocycles. The highest BCUT2D eigenvalue weighted by Gasteiger charge is 2.19. The molecule has 3 nitrogen and oxygen atoms in total. The summed E-state index contributed by atoms with van der Waals surface area (Å²) >= 11 is 1.86. The first-order chi connectivity index (χ1) is 8.48. The molecule has 0 heterocycles. The molecule has 1 rings (SSSR count). The van der Waals surface area contributed by atoms with Gasteiger partial charge < -0.3 is 10.4 Å². The van der Waals surface area contributed by atoms with Crippen LogP contribution >= 0.6 is 11.8 Å². The molecule has 0 atom stereocenters. The minimum absolute atomic E-state index is 0.0794. The van der Waals surface area contributed by atoms with E-state index in [1.807, 2.05) is 36.0 Å². The van der Waals surface area contributed by atoms with Gasteiger partial charge in [0, 0.05) is 11.3 Å². The van der Waals surface area contributed by atoms with E-state index in [0.717, 1.165) is 11.5 Å². The third kappa shape index (κ3) is 4.70. The minimum atomic E-state index is -0.589. The lowest BCUT2D eigenvalue weighted by Crippen LogP contribution is -2.46. The van der Waals surface area contributed by atoms with E-state index in [9.17, 15) is 4.79 Å². The van der Waals surface area contributed by atoms with Gasteiger partial charge in [0.2, 0.25) is 0 Å². The Labute approximate surface area is 113 Å². The molecule has 1 aromatic rings. The van der Waals surface area contributed by atoms with Gasteiger partial charge in [0.1, 0.15) is 0 Å². The predicted molar refractivity (Wildman–Crippen MR) is 76.9 cm³/mol. The first kappa shape index (κ1) is 15.1. The third-order valence-electron chi connectivity index (χ3n) is 2.54. The van der Waals surface area contributed by atoms with E-state index < -0.39 is 5.54 Å². The van der Waals surface area contributed by atoms with Crippen molar-refractivity contribution in [3.8, 4) is 0 Å². The second-order valence-electron chi connectivity index (χ2n) is 4.83. The Morgan fingerprint density at radius 3 is 2.44 bits per heavy atom. The molecular formula is C14H21NO2S. The number of benzene rings is 1. The molecule has 1 amide bonds. The lowest BCUT2D eigenvalue weighted by atomic mass is 10.1. The van der Waals surface area contributed by atoms with Crippen molar-refractivity contribution in [3.63, 3.8) is 0 Å². The van der Waals surface area contributed by atoms with Crippen molar-refractivity contribution in [2.75, 3.05) is 12.4 Å². The summed E-state index contributed by atoms with van der Waals surface area (Å²) in [5.74, 6) is 1.91. The molecule has 0 spiro atoms. The van der Waals surface area contributed by atoms with Crippen LogP contribution in [0, 0.1) is 0 Å². The van der Waals surface area contributed by atoms with Gasteiger partial charge in [-0.3, -0.25) is 4.79 Å². The van der Waals surface area contributed by atoms with Crippen LogP contribution in [0.4, 0.5) is 0 Å². The van der Waals surface area contributed by atoms with E-state index in [1.54, 1.807) is 13.8 Å². The lowest BCUT2D eigenvalue weighted by molar-refractivity contribution is 0.0869. The number of amides is 1. The van der Waals surface area contributed by atoms with Crippen LogP contribution in [0.1, 0.15) is 36.7 Å². The number of hydrogen-bond acceptors (Lipinski definition) is 3. The van der Waals surface area contributed by atoms with Crippen molar-refractivity contribution in [2.24, 2.45) is 0 Å². The molecule has 1 aromatic carbocycles. The standard InChI is InChI=1S/C14H21NO2S/c1-4-18-9-11-5-7-12(8-6-11)13(17)15-14(2,3)10-16/h5-8,16H,4,9-10H2,1-3H3,(H,15,17). The molecule has 0 saturated carbocycles. The van der Waals surface area contributed by atoms with Gasteiger partial charge in [0.15, 0.2) is 0 Å². The summed E-state index contributed by atoms with van der Waals surface area (Å²) in [7, 11) is 0. The van der Waals surface area contributed by atoms with Crippen LogP contribution in [0.15, 0.2) is 24.3 Å². The number of carbonyl (C=O) groups excluding carboxylic acids is 1. The number of hydrogen-bond donors (Lipinski definition) is 2. The molecule has 0 aliphatic rings. The number of thioether (sulfide) groups is 1. The van der Waals surface area contributed by atoms with Crippen LogP contribution < -0.4 is 5.32 Å². The van der Waals surface area contributed by atoms with E-state index in [0.29, 0.717) is 5.56 Å². The maximum Gasteiger partial charge on any atom is 0.251 e. The van der Waals surface area contributed by atoms with E-state index in [-0.39, 0.29) is 12.5 Å². The zero-order chi connectivity index (χ0) is 13.6. The monoisotopic (exact) mass is 267 g/mol. The normalized spacial score (nSPS) is 11.3. The second-order valence-corrected chi connectivity index (χ2v) is 6.10. The van der Waals surface area contributed by atoms with Crippen LogP contribution in [0.2, 0.25) is 0 Å². The van der Waals surface area contributed by atoms with Gasteiger partial charge in [-0.1, -0.05) is 19.1 Å². The predicted octanol–water partition coefficient (Wildman–Crippen LogP) is 2.44.